The standard InChI is InChI=1S/C21H18BrNO/c1-3-14-4-10-20-18(12-14)19-13-15(22)5-11-21(19)23(20)16-6-8-17(24-2)9-7-16/h4-13H,3H2,1-2H3. The highest BCUT2D eigenvalue weighted by Crippen LogP contribution is 2.34. The monoisotopic (exact) mass is 379 g/mol. The zero-order chi connectivity index (χ0) is 16.7. The number of benzene rings is 3. The Labute approximate surface area is 149 Å². The van der Waals surface area contributed by atoms with Crippen molar-refractivity contribution in [1.29, 1.82) is 0 Å². The van der Waals surface area contributed by atoms with Crippen LogP contribution in [-0.2, 0) is 6.42 Å². The molecule has 0 radical (unpaired) electrons. The second kappa shape index (κ2) is 5.99. The van der Waals surface area contributed by atoms with Crippen molar-refractivity contribution in [3.8, 4) is 11.4 Å². The molecule has 2 nitrogen and oxygen atoms in total. The lowest BCUT2D eigenvalue weighted by atomic mass is 10.1. The second-order valence-corrected chi connectivity index (χ2v) is 6.82. The van der Waals surface area contributed by atoms with Gasteiger partial charge in [0, 0.05) is 20.9 Å². The zero-order valence-electron chi connectivity index (χ0n) is 13.7. The molecule has 3 aromatic carbocycles. The minimum absolute atomic E-state index is 0.871. The van der Waals surface area contributed by atoms with Crippen LogP contribution < -0.4 is 4.74 Å². The van der Waals surface area contributed by atoms with Crippen LogP contribution >= 0.6 is 15.9 Å². The third-order valence-corrected chi connectivity index (χ3v) is 5.02. The zero-order valence-corrected chi connectivity index (χ0v) is 15.3. The second-order valence-electron chi connectivity index (χ2n) is 5.90. The number of fused-ring (bicyclic) bond motifs is 3. The van der Waals surface area contributed by atoms with Gasteiger partial charge in [0.05, 0.1) is 18.1 Å². The summed E-state index contributed by atoms with van der Waals surface area (Å²) in [5.41, 5.74) is 4.94. The molecule has 0 fully saturated rings. The van der Waals surface area contributed by atoms with Crippen molar-refractivity contribution in [2.75, 3.05) is 7.11 Å². The van der Waals surface area contributed by atoms with Crippen LogP contribution in [0.4, 0.5) is 0 Å². The Morgan fingerprint density at radius 1 is 0.875 bits per heavy atom. The summed E-state index contributed by atoms with van der Waals surface area (Å²) in [6, 6.07) is 21.5. The fourth-order valence-electron chi connectivity index (χ4n) is 3.27. The maximum absolute atomic E-state index is 5.29. The van der Waals surface area contributed by atoms with E-state index in [2.05, 4.69) is 76.0 Å². The summed E-state index contributed by atoms with van der Waals surface area (Å²) in [7, 11) is 1.69. The largest absolute Gasteiger partial charge is 0.497 e. The number of aromatic nitrogens is 1. The lowest BCUT2D eigenvalue weighted by Crippen LogP contribution is -1.94. The summed E-state index contributed by atoms with van der Waals surface area (Å²) in [5.74, 6) is 0.871. The lowest BCUT2D eigenvalue weighted by molar-refractivity contribution is 0.415. The third kappa shape index (κ3) is 2.40. The first-order valence-electron chi connectivity index (χ1n) is 8.08. The Bertz CT molecular complexity index is 1030. The van der Waals surface area contributed by atoms with Gasteiger partial charge in [-0.2, -0.15) is 0 Å². The molecule has 24 heavy (non-hydrogen) atoms. The van der Waals surface area contributed by atoms with Crippen molar-refractivity contribution in [1.82, 2.24) is 4.57 Å². The molecule has 0 saturated heterocycles. The number of methoxy groups -OCH3 is 1. The van der Waals surface area contributed by atoms with Gasteiger partial charge in [-0.3, -0.25) is 0 Å². The Morgan fingerprint density at radius 2 is 1.54 bits per heavy atom. The van der Waals surface area contributed by atoms with E-state index in [9.17, 15) is 0 Å². The van der Waals surface area contributed by atoms with Gasteiger partial charge >= 0.3 is 0 Å². The van der Waals surface area contributed by atoms with Crippen molar-refractivity contribution >= 4 is 37.7 Å². The number of aryl methyl sites for hydroxylation is 1. The van der Waals surface area contributed by atoms with E-state index in [0.717, 1.165) is 22.3 Å². The molecule has 0 spiro atoms. The van der Waals surface area contributed by atoms with E-state index in [1.54, 1.807) is 7.11 Å². The molecule has 0 unspecified atom stereocenters. The van der Waals surface area contributed by atoms with Gasteiger partial charge in [-0.25, -0.2) is 0 Å². The number of hydrogen-bond donors (Lipinski definition) is 0. The highest BCUT2D eigenvalue weighted by atomic mass is 79.9. The van der Waals surface area contributed by atoms with Gasteiger partial charge in [-0.15, -0.1) is 0 Å². The number of hydrogen-bond acceptors (Lipinski definition) is 1. The maximum atomic E-state index is 5.29. The summed E-state index contributed by atoms with van der Waals surface area (Å²) >= 11 is 3.61. The molecular formula is C21H18BrNO. The molecule has 1 aromatic heterocycles. The van der Waals surface area contributed by atoms with Crippen molar-refractivity contribution in [3.63, 3.8) is 0 Å². The van der Waals surface area contributed by atoms with E-state index in [1.807, 2.05) is 12.1 Å². The molecule has 3 heteroatoms. The maximum Gasteiger partial charge on any atom is 0.119 e. The molecule has 0 amide bonds. The summed E-state index contributed by atoms with van der Waals surface area (Å²) < 4.78 is 8.71. The van der Waals surface area contributed by atoms with Crippen LogP contribution in [-0.4, -0.2) is 11.7 Å². The van der Waals surface area contributed by atoms with E-state index < -0.39 is 0 Å². The van der Waals surface area contributed by atoms with E-state index in [1.165, 1.54) is 27.4 Å². The quantitative estimate of drug-likeness (QED) is 0.418. The van der Waals surface area contributed by atoms with Crippen LogP contribution in [0.5, 0.6) is 5.75 Å². The first kappa shape index (κ1) is 15.3. The van der Waals surface area contributed by atoms with Gasteiger partial charge in [-0.05, 0) is 66.6 Å². The first-order valence-corrected chi connectivity index (χ1v) is 8.87. The average molecular weight is 380 g/mol. The number of halogens is 1. The van der Waals surface area contributed by atoms with Crippen LogP contribution in [0.3, 0.4) is 0 Å². The molecule has 0 bridgehead atoms. The number of rotatable bonds is 3. The molecule has 4 aromatic rings. The minimum Gasteiger partial charge on any atom is -0.497 e. The first-order chi connectivity index (χ1) is 11.7. The predicted molar refractivity (Wildman–Crippen MR) is 104 cm³/mol. The fourth-order valence-corrected chi connectivity index (χ4v) is 3.63. The van der Waals surface area contributed by atoms with Crippen LogP contribution in [0.25, 0.3) is 27.5 Å². The van der Waals surface area contributed by atoms with Gasteiger partial charge in [-0.1, -0.05) is 28.9 Å². The molecule has 0 aliphatic heterocycles. The van der Waals surface area contributed by atoms with Crippen LogP contribution in [0.2, 0.25) is 0 Å². The molecule has 0 aliphatic rings. The predicted octanol–water partition coefficient (Wildman–Crippen LogP) is 6.12. The van der Waals surface area contributed by atoms with Gasteiger partial charge in [0.2, 0.25) is 0 Å². The van der Waals surface area contributed by atoms with Gasteiger partial charge in [0.25, 0.3) is 0 Å². The van der Waals surface area contributed by atoms with Crippen LogP contribution in [0, 0.1) is 0 Å². The molecule has 4 rings (SSSR count). The highest BCUT2D eigenvalue weighted by Gasteiger charge is 2.13. The van der Waals surface area contributed by atoms with E-state index in [-0.39, 0.29) is 0 Å². The average Bonchev–Trinajstić information content (AvgIpc) is 2.94. The smallest absolute Gasteiger partial charge is 0.119 e. The van der Waals surface area contributed by atoms with E-state index in [0.29, 0.717) is 0 Å². The Hall–Kier alpha value is -2.26. The molecule has 0 saturated carbocycles. The minimum atomic E-state index is 0.871. The molecule has 0 aliphatic carbocycles. The lowest BCUT2D eigenvalue weighted by Gasteiger charge is -2.09. The van der Waals surface area contributed by atoms with Crippen molar-refractivity contribution in [2.45, 2.75) is 13.3 Å². The molecule has 0 N–H and O–H groups in total. The summed E-state index contributed by atoms with van der Waals surface area (Å²) in [6.45, 7) is 2.19. The number of ether oxygens (including phenoxy) is 1. The summed E-state index contributed by atoms with van der Waals surface area (Å²) in [5, 5.41) is 2.56. The molecule has 120 valence electrons. The van der Waals surface area contributed by atoms with Crippen LogP contribution in [0.15, 0.2) is 65.1 Å². The Kier molecular flexibility index (Phi) is 3.81. The van der Waals surface area contributed by atoms with Crippen molar-refractivity contribution in [2.24, 2.45) is 0 Å². The SMILES string of the molecule is CCc1ccc2c(c1)c1cc(Br)ccc1n2-c1ccc(OC)cc1. The summed E-state index contributed by atoms with van der Waals surface area (Å²) in [4.78, 5) is 0. The topological polar surface area (TPSA) is 14.2 Å². The van der Waals surface area contributed by atoms with Gasteiger partial charge in [0.15, 0.2) is 0 Å². The normalized spacial score (nSPS) is 11.3. The van der Waals surface area contributed by atoms with Crippen molar-refractivity contribution < 1.29 is 4.74 Å². The molecular weight excluding hydrogens is 362 g/mol. The highest BCUT2D eigenvalue weighted by molar-refractivity contribution is 9.10. The number of nitrogens with zero attached hydrogens (tertiary/aromatic N) is 1. The van der Waals surface area contributed by atoms with Crippen molar-refractivity contribution in [3.05, 3.63) is 70.7 Å². The third-order valence-electron chi connectivity index (χ3n) is 4.53. The molecule has 1 heterocycles. The van der Waals surface area contributed by atoms with E-state index in [4.69, 9.17) is 4.74 Å². The summed E-state index contributed by atoms with van der Waals surface area (Å²) in [6.07, 6.45) is 1.04. The molecule has 0 atom stereocenters. The Morgan fingerprint density at radius 3 is 2.21 bits per heavy atom. The Balaban J connectivity index is 2.08. The van der Waals surface area contributed by atoms with E-state index >= 15 is 0 Å². The van der Waals surface area contributed by atoms with Gasteiger partial charge < -0.3 is 9.30 Å². The van der Waals surface area contributed by atoms with Gasteiger partial charge in [0.1, 0.15) is 5.75 Å². The fraction of sp³-hybridized carbons (Fsp3) is 0.143. The van der Waals surface area contributed by atoms with Crippen LogP contribution in [0.1, 0.15) is 12.5 Å².